The summed E-state index contributed by atoms with van der Waals surface area (Å²) < 4.78 is 8.51. The summed E-state index contributed by atoms with van der Waals surface area (Å²) in [4.78, 5) is 38.4. The van der Waals surface area contributed by atoms with Crippen LogP contribution in [-0.2, 0) is 9.53 Å². The van der Waals surface area contributed by atoms with Crippen LogP contribution in [0.3, 0.4) is 0 Å². The molecule has 0 saturated carbocycles. The second-order valence-electron chi connectivity index (χ2n) is 4.59. The summed E-state index contributed by atoms with van der Waals surface area (Å²) in [5.41, 5.74) is 0.00238. The number of piperazine rings is 1. The number of hydrogen-bond donors (Lipinski definition) is 1. The van der Waals surface area contributed by atoms with Gasteiger partial charge in [-0.2, -0.15) is 0 Å². The molecule has 10 heteroatoms. The minimum atomic E-state index is -0.618. The van der Waals surface area contributed by atoms with Crippen molar-refractivity contribution in [3.05, 3.63) is 5.69 Å². The van der Waals surface area contributed by atoms with Gasteiger partial charge in [0.25, 0.3) is 0 Å². The summed E-state index contributed by atoms with van der Waals surface area (Å²) in [6.45, 7) is 5.27. The number of anilines is 1. The van der Waals surface area contributed by atoms with E-state index in [0.29, 0.717) is 26.2 Å². The van der Waals surface area contributed by atoms with E-state index >= 15 is 0 Å². The molecule has 22 heavy (non-hydrogen) atoms. The lowest BCUT2D eigenvalue weighted by Gasteiger charge is -2.33. The van der Waals surface area contributed by atoms with Crippen molar-refractivity contribution in [3.63, 3.8) is 0 Å². The van der Waals surface area contributed by atoms with Crippen LogP contribution in [-0.4, -0.2) is 70.1 Å². The van der Waals surface area contributed by atoms with Gasteiger partial charge in [0.1, 0.15) is 0 Å². The van der Waals surface area contributed by atoms with E-state index in [2.05, 4.69) is 14.9 Å². The van der Waals surface area contributed by atoms with Crippen LogP contribution in [0.15, 0.2) is 0 Å². The largest absolute Gasteiger partial charge is 0.461 e. The molecule has 0 bridgehead atoms. The monoisotopic (exact) mass is 327 g/mol. The van der Waals surface area contributed by atoms with Crippen LogP contribution in [0.1, 0.15) is 24.3 Å². The number of carbonyl (C=O) groups is 3. The standard InChI is InChI=1S/C12H17N5O4S/c1-3-21-11(19)9-10(22-15-14-9)13-12(20)17-6-4-16(5-7-17)8(2)18/h3-7H2,1-2H3,(H,13,20). The van der Waals surface area contributed by atoms with Crippen molar-refractivity contribution in [2.45, 2.75) is 13.8 Å². The maximum absolute atomic E-state index is 12.2. The van der Waals surface area contributed by atoms with Crippen LogP contribution >= 0.6 is 11.5 Å². The summed E-state index contributed by atoms with van der Waals surface area (Å²) in [5, 5.41) is 6.56. The van der Waals surface area contributed by atoms with Crippen molar-refractivity contribution in [3.8, 4) is 0 Å². The molecule has 1 fully saturated rings. The van der Waals surface area contributed by atoms with E-state index in [1.165, 1.54) is 6.92 Å². The molecule has 2 heterocycles. The van der Waals surface area contributed by atoms with Crippen LogP contribution in [0.5, 0.6) is 0 Å². The number of urea groups is 1. The number of nitrogens with zero attached hydrogens (tertiary/aromatic N) is 4. The predicted molar refractivity (Wildman–Crippen MR) is 78.7 cm³/mol. The normalized spacial score (nSPS) is 14.6. The third-order valence-electron chi connectivity index (χ3n) is 3.19. The quantitative estimate of drug-likeness (QED) is 0.806. The smallest absolute Gasteiger partial charge is 0.362 e. The third kappa shape index (κ3) is 3.70. The first-order valence-electron chi connectivity index (χ1n) is 6.83. The van der Waals surface area contributed by atoms with Gasteiger partial charge >= 0.3 is 12.0 Å². The van der Waals surface area contributed by atoms with Crippen LogP contribution in [0, 0.1) is 0 Å². The minimum absolute atomic E-state index is 0.00238. The fourth-order valence-corrected chi connectivity index (χ4v) is 2.55. The molecule has 0 atom stereocenters. The average Bonchev–Trinajstić information content (AvgIpc) is 2.95. The topological polar surface area (TPSA) is 105 Å². The molecule has 1 aromatic heterocycles. The molecular weight excluding hydrogens is 310 g/mol. The van der Waals surface area contributed by atoms with Crippen LogP contribution < -0.4 is 5.32 Å². The van der Waals surface area contributed by atoms with Gasteiger partial charge in [-0.05, 0) is 6.92 Å². The molecule has 1 N–H and O–H groups in total. The van der Waals surface area contributed by atoms with Crippen molar-refractivity contribution in [1.82, 2.24) is 19.4 Å². The molecule has 1 saturated heterocycles. The van der Waals surface area contributed by atoms with Gasteiger partial charge in [-0.15, -0.1) is 5.10 Å². The molecular formula is C12H17N5O4S. The lowest BCUT2D eigenvalue weighted by atomic mass is 10.3. The lowest BCUT2D eigenvalue weighted by molar-refractivity contribution is -0.130. The first-order valence-corrected chi connectivity index (χ1v) is 7.61. The Labute approximate surface area is 131 Å². The highest BCUT2D eigenvalue weighted by molar-refractivity contribution is 7.10. The average molecular weight is 327 g/mol. The van der Waals surface area contributed by atoms with Gasteiger partial charge in [0.05, 0.1) is 6.61 Å². The van der Waals surface area contributed by atoms with E-state index in [1.54, 1.807) is 16.7 Å². The fraction of sp³-hybridized carbons (Fsp3) is 0.583. The van der Waals surface area contributed by atoms with Crippen LogP contribution in [0.2, 0.25) is 0 Å². The Bertz CT molecular complexity index is 568. The zero-order chi connectivity index (χ0) is 16.1. The fourth-order valence-electron chi connectivity index (χ4n) is 2.01. The molecule has 120 valence electrons. The van der Waals surface area contributed by atoms with Crippen molar-refractivity contribution in [1.29, 1.82) is 0 Å². The summed E-state index contributed by atoms with van der Waals surface area (Å²) in [5.74, 6) is -0.621. The maximum Gasteiger partial charge on any atom is 0.362 e. The number of amides is 3. The number of hydrogen-bond acceptors (Lipinski definition) is 7. The Balaban J connectivity index is 1.95. The third-order valence-corrected chi connectivity index (χ3v) is 3.83. The highest BCUT2D eigenvalue weighted by Gasteiger charge is 2.25. The van der Waals surface area contributed by atoms with Crippen molar-refractivity contribution in [2.75, 3.05) is 38.1 Å². The number of carbonyl (C=O) groups excluding carboxylic acids is 3. The zero-order valence-corrected chi connectivity index (χ0v) is 13.2. The molecule has 1 aliphatic rings. The van der Waals surface area contributed by atoms with Gasteiger partial charge in [0.15, 0.2) is 5.00 Å². The molecule has 1 aromatic rings. The SMILES string of the molecule is CCOC(=O)c1nnsc1NC(=O)N1CCN(C(C)=O)CC1. The van der Waals surface area contributed by atoms with Crippen LogP contribution in [0.25, 0.3) is 0 Å². The molecule has 2 rings (SSSR count). The molecule has 9 nitrogen and oxygen atoms in total. The van der Waals surface area contributed by atoms with E-state index in [0.717, 1.165) is 11.5 Å². The number of ether oxygens (including phenoxy) is 1. The zero-order valence-electron chi connectivity index (χ0n) is 12.4. The van der Waals surface area contributed by atoms with E-state index in [4.69, 9.17) is 4.74 Å². The van der Waals surface area contributed by atoms with Crippen molar-refractivity contribution >= 4 is 34.4 Å². The first-order chi connectivity index (χ1) is 10.5. The Hall–Kier alpha value is -2.23. The molecule has 0 aliphatic carbocycles. The Morgan fingerprint density at radius 3 is 2.45 bits per heavy atom. The van der Waals surface area contributed by atoms with Gasteiger partial charge in [-0.1, -0.05) is 4.49 Å². The second-order valence-corrected chi connectivity index (χ2v) is 5.35. The molecule has 1 aliphatic heterocycles. The van der Waals surface area contributed by atoms with Gasteiger partial charge < -0.3 is 14.5 Å². The Kier molecular flexibility index (Phi) is 5.26. The predicted octanol–water partition coefficient (Wildman–Crippen LogP) is 0.411. The molecule has 0 spiro atoms. The van der Waals surface area contributed by atoms with Gasteiger partial charge in [0.2, 0.25) is 11.6 Å². The number of rotatable bonds is 3. The lowest BCUT2D eigenvalue weighted by Crippen LogP contribution is -2.51. The minimum Gasteiger partial charge on any atom is -0.461 e. The van der Waals surface area contributed by atoms with E-state index in [9.17, 15) is 14.4 Å². The summed E-state index contributed by atoms with van der Waals surface area (Å²) >= 11 is 0.916. The molecule has 0 aromatic carbocycles. The van der Waals surface area contributed by atoms with E-state index < -0.39 is 5.97 Å². The first kappa shape index (κ1) is 16.1. The van der Waals surface area contributed by atoms with Gasteiger partial charge in [-0.25, -0.2) is 9.59 Å². The van der Waals surface area contributed by atoms with E-state index in [-0.39, 0.29) is 29.2 Å². The van der Waals surface area contributed by atoms with E-state index in [1.807, 2.05) is 0 Å². The summed E-state index contributed by atoms with van der Waals surface area (Å²) in [6.07, 6.45) is 0. The summed E-state index contributed by atoms with van der Waals surface area (Å²) in [7, 11) is 0. The molecule has 0 radical (unpaired) electrons. The summed E-state index contributed by atoms with van der Waals surface area (Å²) in [6, 6.07) is -0.347. The van der Waals surface area contributed by atoms with Crippen LogP contribution in [0.4, 0.5) is 9.80 Å². The van der Waals surface area contributed by atoms with Crippen molar-refractivity contribution < 1.29 is 19.1 Å². The highest BCUT2D eigenvalue weighted by atomic mass is 32.1. The second kappa shape index (κ2) is 7.16. The maximum atomic E-state index is 12.2. The van der Waals surface area contributed by atoms with Gasteiger partial charge in [-0.3, -0.25) is 10.1 Å². The Morgan fingerprint density at radius 1 is 1.23 bits per heavy atom. The molecule has 3 amide bonds. The molecule has 0 unspecified atom stereocenters. The number of nitrogens with one attached hydrogen (secondary N) is 1. The van der Waals surface area contributed by atoms with Crippen molar-refractivity contribution in [2.24, 2.45) is 0 Å². The number of esters is 1. The highest BCUT2D eigenvalue weighted by Crippen LogP contribution is 2.19. The van der Waals surface area contributed by atoms with Gasteiger partial charge in [0, 0.05) is 44.6 Å². The Morgan fingerprint density at radius 2 is 1.86 bits per heavy atom. The number of aromatic nitrogens is 2.